The number of hydrogen-bond acceptors (Lipinski definition) is 4. The molecule has 0 aromatic carbocycles. The molecule has 0 unspecified atom stereocenters. The summed E-state index contributed by atoms with van der Waals surface area (Å²) in [6.07, 6.45) is 11.7. The highest BCUT2D eigenvalue weighted by atomic mass is 16.2. The predicted molar refractivity (Wildman–Crippen MR) is 94.6 cm³/mol. The van der Waals surface area contributed by atoms with E-state index in [1.54, 1.807) is 18.6 Å². The molecular formula is C19H28N4O. The van der Waals surface area contributed by atoms with E-state index in [4.69, 9.17) is 0 Å². The van der Waals surface area contributed by atoms with E-state index < -0.39 is 0 Å². The van der Waals surface area contributed by atoms with E-state index in [0.29, 0.717) is 17.7 Å². The molecule has 1 aromatic rings. The van der Waals surface area contributed by atoms with Gasteiger partial charge in [0.25, 0.3) is 5.91 Å². The van der Waals surface area contributed by atoms with Crippen LogP contribution >= 0.6 is 0 Å². The van der Waals surface area contributed by atoms with Gasteiger partial charge in [-0.15, -0.1) is 0 Å². The summed E-state index contributed by atoms with van der Waals surface area (Å²) in [7, 11) is 0. The molecule has 1 aromatic heterocycles. The van der Waals surface area contributed by atoms with Crippen molar-refractivity contribution in [1.82, 2.24) is 20.2 Å². The van der Waals surface area contributed by atoms with Crippen molar-refractivity contribution in [3.63, 3.8) is 0 Å². The minimum atomic E-state index is 0.00114. The zero-order valence-electron chi connectivity index (χ0n) is 14.7. The SMILES string of the molecule is CC1=CCC[C@@H](C)[C@H]1CNC1CCN(C(=O)c2cnccn2)CC1. The lowest BCUT2D eigenvalue weighted by Crippen LogP contribution is -2.46. The summed E-state index contributed by atoms with van der Waals surface area (Å²) >= 11 is 0. The summed E-state index contributed by atoms with van der Waals surface area (Å²) < 4.78 is 0. The first-order chi connectivity index (χ1) is 11.6. The Hall–Kier alpha value is -1.75. The Bertz CT molecular complexity index is 578. The minimum absolute atomic E-state index is 0.00114. The van der Waals surface area contributed by atoms with Crippen molar-refractivity contribution in [3.8, 4) is 0 Å². The van der Waals surface area contributed by atoms with Crippen LogP contribution in [0.2, 0.25) is 0 Å². The first-order valence-corrected chi connectivity index (χ1v) is 9.10. The predicted octanol–water partition coefficient (Wildman–Crippen LogP) is 2.66. The largest absolute Gasteiger partial charge is 0.337 e. The summed E-state index contributed by atoms with van der Waals surface area (Å²) in [5.74, 6) is 1.43. The maximum Gasteiger partial charge on any atom is 0.274 e. The molecule has 3 rings (SSSR count). The summed E-state index contributed by atoms with van der Waals surface area (Å²) in [5, 5.41) is 3.74. The number of amides is 1. The van der Waals surface area contributed by atoms with Gasteiger partial charge in [0.05, 0.1) is 6.20 Å². The lowest BCUT2D eigenvalue weighted by molar-refractivity contribution is 0.0697. The molecule has 1 amide bonds. The van der Waals surface area contributed by atoms with Crippen molar-refractivity contribution in [3.05, 3.63) is 35.9 Å². The maximum atomic E-state index is 12.4. The highest BCUT2D eigenvalue weighted by Gasteiger charge is 2.26. The van der Waals surface area contributed by atoms with Gasteiger partial charge in [-0.1, -0.05) is 18.6 Å². The smallest absolute Gasteiger partial charge is 0.274 e. The van der Waals surface area contributed by atoms with E-state index in [1.165, 1.54) is 18.4 Å². The van der Waals surface area contributed by atoms with Crippen LogP contribution in [0.15, 0.2) is 30.2 Å². The minimum Gasteiger partial charge on any atom is -0.337 e. The molecule has 130 valence electrons. The molecule has 1 fully saturated rings. The molecule has 2 heterocycles. The number of carbonyl (C=O) groups excluding carboxylic acids is 1. The third-order valence-electron chi connectivity index (χ3n) is 5.55. The molecule has 0 bridgehead atoms. The fourth-order valence-electron chi connectivity index (χ4n) is 3.89. The summed E-state index contributed by atoms with van der Waals surface area (Å²) in [4.78, 5) is 22.4. The molecule has 2 atom stereocenters. The number of nitrogens with one attached hydrogen (secondary N) is 1. The van der Waals surface area contributed by atoms with Gasteiger partial charge in [0.15, 0.2) is 0 Å². The standard InChI is InChI=1S/C19H28N4O/c1-14-4-3-5-15(2)17(14)12-22-16-6-10-23(11-7-16)19(24)18-13-20-8-9-21-18/h4,8-9,13,15-17,22H,3,5-7,10-12H2,1-2H3/t15-,17+/m1/s1. The lowest BCUT2D eigenvalue weighted by Gasteiger charge is -2.35. The van der Waals surface area contributed by atoms with Crippen molar-refractivity contribution in [2.24, 2.45) is 11.8 Å². The molecule has 0 radical (unpaired) electrons. The Morgan fingerprint density at radius 1 is 1.29 bits per heavy atom. The first kappa shape index (κ1) is 17.1. The molecule has 0 spiro atoms. The molecule has 5 nitrogen and oxygen atoms in total. The van der Waals surface area contributed by atoms with Gasteiger partial charge in [-0.05, 0) is 44.4 Å². The van der Waals surface area contributed by atoms with Crippen molar-refractivity contribution < 1.29 is 4.79 Å². The van der Waals surface area contributed by atoms with Gasteiger partial charge in [0, 0.05) is 38.1 Å². The zero-order chi connectivity index (χ0) is 16.9. The molecule has 1 N–H and O–H groups in total. The van der Waals surface area contributed by atoms with Crippen LogP contribution < -0.4 is 5.32 Å². The molecule has 24 heavy (non-hydrogen) atoms. The molecule has 1 aliphatic carbocycles. The second-order valence-corrected chi connectivity index (χ2v) is 7.17. The molecule has 1 aliphatic heterocycles. The van der Waals surface area contributed by atoms with Gasteiger partial charge in [-0.2, -0.15) is 0 Å². The van der Waals surface area contributed by atoms with Crippen LogP contribution in [0.25, 0.3) is 0 Å². The molecule has 0 saturated carbocycles. The van der Waals surface area contributed by atoms with Crippen molar-refractivity contribution in [2.75, 3.05) is 19.6 Å². The average Bonchev–Trinajstić information content (AvgIpc) is 2.62. The van der Waals surface area contributed by atoms with Crippen LogP contribution in [-0.4, -0.2) is 46.5 Å². The molecular weight excluding hydrogens is 300 g/mol. The molecule has 2 aliphatic rings. The van der Waals surface area contributed by atoms with Crippen molar-refractivity contribution >= 4 is 5.91 Å². The van der Waals surface area contributed by atoms with Gasteiger partial charge in [0.2, 0.25) is 0 Å². The average molecular weight is 328 g/mol. The number of rotatable bonds is 4. The second kappa shape index (κ2) is 7.88. The van der Waals surface area contributed by atoms with Gasteiger partial charge in [0.1, 0.15) is 5.69 Å². The lowest BCUT2D eigenvalue weighted by atomic mass is 9.80. The van der Waals surface area contributed by atoms with Crippen molar-refractivity contribution in [1.29, 1.82) is 0 Å². The van der Waals surface area contributed by atoms with E-state index in [9.17, 15) is 4.79 Å². The van der Waals surface area contributed by atoms with E-state index in [0.717, 1.165) is 38.4 Å². The quantitative estimate of drug-likeness (QED) is 0.863. The number of hydrogen-bond donors (Lipinski definition) is 1. The summed E-state index contributed by atoms with van der Waals surface area (Å²) in [5.41, 5.74) is 1.98. The fourth-order valence-corrected chi connectivity index (χ4v) is 3.89. The van der Waals surface area contributed by atoms with E-state index >= 15 is 0 Å². The Balaban J connectivity index is 1.46. The fraction of sp³-hybridized carbons (Fsp3) is 0.632. The normalized spacial score (nSPS) is 25.4. The number of aromatic nitrogens is 2. The molecule has 5 heteroatoms. The topological polar surface area (TPSA) is 58.1 Å². The van der Waals surface area contributed by atoms with Gasteiger partial charge in [-0.3, -0.25) is 9.78 Å². The molecule has 1 saturated heterocycles. The van der Waals surface area contributed by atoms with E-state index in [1.807, 2.05) is 4.90 Å². The Morgan fingerprint density at radius 2 is 2.08 bits per heavy atom. The Morgan fingerprint density at radius 3 is 2.75 bits per heavy atom. The number of allylic oxidation sites excluding steroid dienone is 1. The van der Waals surface area contributed by atoms with Crippen LogP contribution in [0.4, 0.5) is 0 Å². The monoisotopic (exact) mass is 328 g/mol. The van der Waals surface area contributed by atoms with Crippen LogP contribution in [-0.2, 0) is 0 Å². The number of nitrogens with zero attached hydrogens (tertiary/aromatic N) is 3. The summed E-state index contributed by atoms with van der Waals surface area (Å²) in [6.45, 7) is 7.28. The van der Waals surface area contributed by atoms with E-state index in [-0.39, 0.29) is 5.91 Å². The number of likely N-dealkylation sites (tertiary alicyclic amines) is 1. The van der Waals surface area contributed by atoms with E-state index in [2.05, 4.69) is 35.2 Å². The number of carbonyl (C=O) groups is 1. The number of piperidine rings is 1. The highest BCUT2D eigenvalue weighted by molar-refractivity contribution is 5.92. The zero-order valence-corrected chi connectivity index (χ0v) is 14.7. The third kappa shape index (κ3) is 4.01. The first-order valence-electron chi connectivity index (χ1n) is 9.10. The van der Waals surface area contributed by atoms with Crippen LogP contribution in [0.5, 0.6) is 0 Å². The van der Waals surface area contributed by atoms with Crippen LogP contribution in [0.1, 0.15) is 50.0 Å². The van der Waals surface area contributed by atoms with Gasteiger partial charge >= 0.3 is 0 Å². The Kier molecular flexibility index (Phi) is 5.61. The van der Waals surface area contributed by atoms with Crippen molar-refractivity contribution in [2.45, 2.75) is 45.6 Å². The van der Waals surface area contributed by atoms with Gasteiger partial charge in [-0.25, -0.2) is 4.98 Å². The maximum absolute atomic E-state index is 12.4. The van der Waals surface area contributed by atoms with Crippen LogP contribution in [0.3, 0.4) is 0 Å². The highest BCUT2D eigenvalue weighted by Crippen LogP contribution is 2.29. The third-order valence-corrected chi connectivity index (χ3v) is 5.55. The van der Waals surface area contributed by atoms with Crippen LogP contribution in [0, 0.1) is 11.8 Å². The Labute approximate surface area is 144 Å². The van der Waals surface area contributed by atoms with Gasteiger partial charge < -0.3 is 10.2 Å². The summed E-state index contributed by atoms with van der Waals surface area (Å²) in [6, 6.07) is 0.512. The second-order valence-electron chi connectivity index (χ2n) is 7.17.